The third-order valence-corrected chi connectivity index (χ3v) is 7.54. The molecule has 174 valence electrons. The molecule has 0 aliphatic heterocycles. The van der Waals surface area contributed by atoms with Crippen LogP contribution < -0.4 is 9.80 Å². The molecule has 0 aliphatic rings. The maximum absolute atomic E-state index is 10.8. The zero-order valence-electron chi connectivity index (χ0n) is 20.1. The van der Waals surface area contributed by atoms with Gasteiger partial charge in [0, 0.05) is 40.9 Å². The number of para-hydroxylation sites is 2. The van der Waals surface area contributed by atoms with E-state index in [0.717, 1.165) is 21.8 Å². The van der Waals surface area contributed by atoms with Crippen LogP contribution in [0.3, 0.4) is 0 Å². The van der Waals surface area contributed by atoms with Crippen LogP contribution in [0.25, 0.3) is 20.9 Å². The molecule has 1 N–H and O–H groups in total. The van der Waals surface area contributed by atoms with Crippen LogP contribution in [0.5, 0.6) is 5.75 Å². The van der Waals surface area contributed by atoms with Gasteiger partial charge in [0.1, 0.15) is 5.75 Å². The number of anilines is 4. The summed E-state index contributed by atoms with van der Waals surface area (Å²) in [5.41, 5.74) is 7.63. The molecule has 0 unspecified atom stereocenters. The number of rotatable bonds is 6. The van der Waals surface area contributed by atoms with Crippen molar-refractivity contribution >= 4 is 34.1 Å². The van der Waals surface area contributed by atoms with Gasteiger partial charge in [-0.2, -0.15) is 0 Å². The highest BCUT2D eigenvalue weighted by atomic mass is 32.1. The predicted octanol–water partition coefficient (Wildman–Crippen LogP) is 8.63. The van der Waals surface area contributed by atoms with Crippen molar-refractivity contribution in [3.63, 3.8) is 0 Å². The number of nitrogens with zero attached hydrogens (tertiary/aromatic N) is 2. The van der Waals surface area contributed by atoms with E-state index in [4.69, 9.17) is 0 Å². The number of thiophene rings is 1. The minimum Gasteiger partial charge on any atom is -0.506 e. The number of aromatic hydroxyl groups is 1. The van der Waals surface area contributed by atoms with Crippen molar-refractivity contribution in [2.24, 2.45) is 0 Å². The van der Waals surface area contributed by atoms with Crippen LogP contribution in [0.1, 0.15) is 5.56 Å². The number of hydrogen-bond acceptors (Lipinski definition) is 4. The Morgan fingerprint density at radius 2 is 1.06 bits per heavy atom. The first kappa shape index (κ1) is 22.8. The normalized spacial score (nSPS) is 10.8. The smallest absolute Gasteiger partial charge is 0.139 e. The van der Waals surface area contributed by atoms with Gasteiger partial charge in [0.25, 0.3) is 0 Å². The van der Waals surface area contributed by atoms with Gasteiger partial charge in [-0.25, -0.2) is 0 Å². The van der Waals surface area contributed by atoms with Gasteiger partial charge in [-0.05, 0) is 84.3 Å². The Labute approximate surface area is 211 Å². The maximum Gasteiger partial charge on any atom is 0.139 e. The molecule has 35 heavy (non-hydrogen) atoms. The first-order valence-corrected chi connectivity index (χ1v) is 12.4. The fourth-order valence-corrected chi connectivity index (χ4v) is 5.37. The van der Waals surface area contributed by atoms with E-state index in [0.29, 0.717) is 0 Å². The summed E-state index contributed by atoms with van der Waals surface area (Å²) in [6, 6.07) is 37.3. The van der Waals surface area contributed by atoms with Gasteiger partial charge in [0.2, 0.25) is 0 Å². The first-order valence-electron chi connectivity index (χ1n) is 11.6. The molecule has 1 heterocycles. The van der Waals surface area contributed by atoms with Crippen LogP contribution in [0.4, 0.5) is 22.7 Å². The predicted molar refractivity (Wildman–Crippen MR) is 151 cm³/mol. The van der Waals surface area contributed by atoms with Gasteiger partial charge in [0.15, 0.2) is 0 Å². The van der Waals surface area contributed by atoms with E-state index in [2.05, 4.69) is 79.5 Å². The highest BCUT2D eigenvalue weighted by Gasteiger charge is 2.13. The SMILES string of the molecule is Cc1cc(-c2ccc(-c3ccc(N(C)c4ccccc4)c(O)c3)s2)ccc1N(C)c1ccccc1. The monoisotopic (exact) mass is 476 g/mol. The lowest BCUT2D eigenvalue weighted by Crippen LogP contribution is -2.10. The van der Waals surface area contributed by atoms with Crippen LogP contribution in [0, 0.1) is 6.92 Å². The Morgan fingerprint density at radius 1 is 0.571 bits per heavy atom. The van der Waals surface area contributed by atoms with Gasteiger partial charge >= 0.3 is 0 Å². The molecule has 0 amide bonds. The van der Waals surface area contributed by atoms with Gasteiger partial charge in [0.05, 0.1) is 5.69 Å². The second-order valence-corrected chi connectivity index (χ2v) is 9.74. The average molecular weight is 477 g/mol. The zero-order valence-corrected chi connectivity index (χ0v) is 21.0. The van der Waals surface area contributed by atoms with E-state index >= 15 is 0 Å². The molecule has 0 saturated heterocycles. The molecule has 4 heteroatoms. The van der Waals surface area contributed by atoms with Gasteiger partial charge < -0.3 is 14.9 Å². The summed E-state index contributed by atoms with van der Waals surface area (Å²) < 4.78 is 0. The highest BCUT2D eigenvalue weighted by molar-refractivity contribution is 7.18. The molecule has 0 atom stereocenters. The van der Waals surface area contributed by atoms with Gasteiger partial charge in [-0.15, -0.1) is 11.3 Å². The average Bonchev–Trinajstić information content (AvgIpc) is 3.39. The van der Waals surface area contributed by atoms with Gasteiger partial charge in [-0.1, -0.05) is 48.5 Å². The third kappa shape index (κ3) is 4.66. The molecule has 0 radical (unpaired) electrons. The third-order valence-electron chi connectivity index (χ3n) is 6.36. The van der Waals surface area contributed by atoms with Crippen LogP contribution in [-0.4, -0.2) is 19.2 Å². The minimum absolute atomic E-state index is 0.271. The minimum atomic E-state index is 0.271. The van der Waals surface area contributed by atoms with E-state index in [1.165, 1.54) is 27.4 Å². The zero-order chi connectivity index (χ0) is 24.4. The van der Waals surface area contributed by atoms with E-state index < -0.39 is 0 Å². The van der Waals surface area contributed by atoms with Crippen LogP contribution in [-0.2, 0) is 0 Å². The standard InChI is InChI=1S/C31H28N2OS/c1-22-20-23(14-16-27(22)32(2)25-10-6-4-7-11-25)30-18-19-31(35-30)24-15-17-28(29(34)21-24)33(3)26-12-8-5-9-13-26/h4-21,34H,1-3H3. The van der Waals surface area contributed by atoms with Crippen molar-refractivity contribution in [3.05, 3.63) is 115 Å². The van der Waals surface area contributed by atoms with E-state index in [1.54, 1.807) is 11.3 Å². The number of phenols is 1. The van der Waals surface area contributed by atoms with Crippen molar-refractivity contribution in [1.82, 2.24) is 0 Å². The number of benzene rings is 4. The molecule has 0 spiro atoms. The van der Waals surface area contributed by atoms with Crippen LogP contribution in [0.2, 0.25) is 0 Å². The largest absolute Gasteiger partial charge is 0.506 e. The van der Waals surface area contributed by atoms with Crippen molar-refractivity contribution in [2.75, 3.05) is 23.9 Å². The van der Waals surface area contributed by atoms with E-state index in [-0.39, 0.29) is 5.75 Å². The topological polar surface area (TPSA) is 26.7 Å². The van der Waals surface area contributed by atoms with Crippen LogP contribution in [0.15, 0.2) is 109 Å². The molecule has 5 rings (SSSR count). The highest BCUT2D eigenvalue weighted by Crippen LogP contribution is 2.40. The van der Waals surface area contributed by atoms with Crippen molar-refractivity contribution in [3.8, 4) is 26.6 Å². The molecule has 1 aromatic heterocycles. The summed E-state index contributed by atoms with van der Waals surface area (Å²) >= 11 is 1.74. The Bertz CT molecular complexity index is 1330. The van der Waals surface area contributed by atoms with Crippen LogP contribution >= 0.6 is 11.3 Å². The summed E-state index contributed by atoms with van der Waals surface area (Å²) in [5.74, 6) is 0.271. The number of aryl methyl sites for hydroxylation is 1. The molecule has 0 saturated carbocycles. The van der Waals surface area contributed by atoms with Gasteiger partial charge in [-0.3, -0.25) is 0 Å². The quantitative estimate of drug-likeness (QED) is 0.266. The van der Waals surface area contributed by atoms with E-state index in [1.807, 2.05) is 60.5 Å². The molecular formula is C31H28N2OS. The summed E-state index contributed by atoms with van der Waals surface area (Å²) in [5, 5.41) is 10.8. The molecule has 5 aromatic rings. The van der Waals surface area contributed by atoms with Crippen molar-refractivity contribution < 1.29 is 5.11 Å². The second kappa shape index (κ2) is 9.69. The summed E-state index contributed by atoms with van der Waals surface area (Å²) in [4.78, 5) is 6.56. The Hall–Kier alpha value is -4.02. The molecule has 4 aromatic carbocycles. The Balaban J connectivity index is 1.38. The molecular weight excluding hydrogens is 448 g/mol. The van der Waals surface area contributed by atoms with Crippen molar-refractivity contribution in [2.45, 2.75) is 6.92 Å². The Morgan fingerprint density at radius 3 is 1.57 bits per heavy atom. The molecule has 3 nitrogen and oxygen atoms in total. The van der Waals surface area contributed by atoms with Crippen molar-refractivity contribution in [1.29, 1.82) is 0 Å². The lowest BCUT2D eigenvalue weighted by molar-refractivity contribution is 0.476. The second-order valence-electron chi connectivity index (χ2n) is 8.66. The fourth-order valence-electron chi connectivity index (χ4n) is 4.37. The number of hydrogen-bond donors (Lipinski definition) is 1. The lowest BCUT2D eigenvalue weighted by Gasteiger charge is -2.22. The summed E-state index contributed by atoms with van der Waals surface area (Å²) in [6.45, 7) is 2.16. The maximum atomic E-state index is 10.8. The Kier molecular flexibility index (Phi) is 6.30. The summed E-state index contributed by atoms with van der Waals surface area (Å²) in [6.07, 6.45) is 0. The fraction of sp³-hybridized carbons (Fsp3) is 0.0968. The molecule has 0 aliphatic carbocycles. The molecule has 0 fully saturated rings. The molecule has 0 bridgehead atoms. The number of phenolic OH excluding ortho intramolecular Hbond substituents is 1. The lowest BCUT2D eigenvalue weighted by atomic mass is 10.1. The van der Waals surface area contributed by atoms with E-state index in [9.17, 15) is 5.11 Å². The first-order chi connectivity index (χ1) is 17.0. The summed E-state index contributed by atoms with van der Waals surface area (Å²) in [7, 11) is 4.07.